The van der Waals surface area contributed by atoms with Crippen LogP contribution in [0.4, 0.5) is 13.2 Å². The first-order valence-corrected chi connectivity index (χ1v) is 5.79. The van der Waals surface area contributed by atoms with Crippen LogP contribution in [0.1, 0.15) is 31.1 Å². The van der Waals surface area contributed by atoms with Gasteiger partial charge in [-0.25, -0.2) is 0 Å². The molecule has 1 aromatic carbocycles. The highest BCUT2D eigenvalue weighted by molar-refractivity contribution is 5.37. The fourth-order valence-corrected chi connectivity index (χ4v) is 1.48. The van der Waals surface area contributed by atoms with Crippen LogP contribution in [-0.4, -0.2) is 24.5 Å². The van der Waals surface area contributed by atoms with Crippen LogP contribution < -0.4 is 4.74 Å². The van der Waals surface area contributed by atoms with Gasteiger partial charge in [0.2, 0.25) is 0 Å². The van der Waals surface area contributed by atoms with E-state index < -0.39 is 18.4 Å². The molecule has 108 valence electrons. The molecule has 0 spiro atoms. The second-order valence-electron chi connectivity index (χ2n) is 4.24. The largest absolute Gasteiger partial charge is 0.496 e. The molecular weight excluding hydrogens is 261 g/mol. The monoisotopic (exact) mass is 278 g/mol. The average Bonchev–Trinajstić information content (AvgIpc) is 2.34. The van der Waals surface area contributed by atoms with Crippen molar-refractivity contribution in [1.29, 1.82) is 0 Å². The third-order valence-corrected chi connectivity index (χ3v) is 2.74. The Bertz CT molecular complexity index is 416. The van der Waals surface area contributed by atoms with E-state index in [1.165, 1.54) is 7.11 Å². The van der Waals surface area contributed by atoms with Crippen molar-refractivity contribution >= 4 is 0 Å². The lowest BCUT2D eigenvalue weighted by atomic mass is 10.1. The van der Waals surface area contributed by atoms with Gasteiger partial charge in [-0.1, -0.05) is 6.07 Å². The van der Waals surface area contributed by atoms with Crippen LogP contribution in [-0.2, 0) is 11.3 Å². The molecule has 0 saturated carbocycles. The van der Waals surface area contributed by atoms with Crippen molar-refractivity contribution in [3.05, 3.63) is 29.3 Å². The second-order valence-corrected chi connectivity index (χ2v) is 4.24. The normalized spacial score (nSPS) is 15.1. The molecule has 0 aliphatic heterocycles. The van der Waals surface area contributed by atoms with E-state index in [0.29, 0.717) is 16.9 Å². The Morgan fingerprint density at radius 2 is 1.89 bits per heavy atom. The van der Waals surface area contributed by atoms with Crippen molar-refractivity contribution < 1.29 is 27.8 Å². The highest BCUT2D eigenvalue weighted by atomic mass is 19.4. The van der Waals surface area contributed by atoms with Crippen molar-refractivity contribution in [3.63, 3.8) is 0 Å². The highest BCUT2D eigenvalue weighted by Crippen LogP contribution is 2.27. The van der Waals surface area contributed by atoms with Gasteiger partial charge in [0.05, 0.1) is 19.8 Å². The van der Waals surface area contributed by atoms with Crippen LogP contribution >= 0.6 is 0 Å². The standard InChI is InChI=1S/C13H17F3O3/c1-8(17)10-4-5-12(18-3)11(6-10)7-19-9(2)13(14,15)16/h4-6,8-9,17H,7H2,1-3H3. The predicted octanol–water partition coefficient (Wildman–Crippen LogP) is 3.22. The summed E-state index contributed by atoms with van der Waals surface area (Å²) in [6, 6.07) is 4.83. The van der Waals surface area contributed by atoms with Crippen LogP contribution in [0.15, 0.2) is 18.2 Å². The Morgan fingerprint density at radius 1 is 1.26 bits per heavy atom. The molecule has 0 aliphatic rings. The van der Waals surface area contributed by atoms with E-state index in [-0.39, 0.29) is 6.61 Å². The molecule has 2 atom stereocenters. The van der Waals surface area contributed by atoms with E-state index in [1.807, 2.05) is 0 Å². The molecule has 1 N–H and O–H groups in total. The Balaban J connectivity index is 2.84. The molecule has 3 nitrogen and oxygen atoms in total. The molecule has 0 saturated heterocycles. The quantitative estimate of drug-likeness (QED) is 0.898. The molecule has 0 fully saturated rings. The minimum atomic E-state index is -4.39. The maximum atomic E-state index is 12.3. The molecule has 0 heterocycles. The Morgan fingerprint density at radius 3 is 2.37 bits per heavy atom. The third-order valence-electron chi connectivity index (χ3n) is 2.74. The Labute approximate surface area is 110 Å². The number of halogens is 3. The molecule has 0 radical (unpaired) electrons. The molecule has 2 unspecified atom stereocenters. The summed E-state index contributed by atoms with van der Waals surface area (Å²) in [7, 11) is 1.42. The smallest absolute Gasteiger partial charge is 0.414 e. The topological polar surface area (TPSA) is 38.7 Å². The van der Waals surface area contributed by atoms with Crippen LogP contribution in [0.25, 0.3) is 0 Å². The van der Waals surface area contributed by atoms with Crippen molar-refractivity contribution in [2.75, 3.05) is 7.11 Å². The van der Waals surface area contributed by atoms with Gasteiger partial charge in [-0.3, -0.25) is 0 Å². The van der Waals surface area contributed by atoms with E-state index in [9.17, 15) is 18.3 Å². The second kappa shape index (κ2) is 6.25. The first kappa shape index (κ1) is 15.8. The molecule has 0 bridgehead atoms. The van der Waals surface area contributed by atoms with Gasteiger partial charge in [-0.05, 0) is 31.5 Å². The Hall–Kier alpha value is -1.27. The first-order chi connectivity index (χ1) is 8.75. The van der Waals surface area contributed by atoms with Crippen molar-refractivity contribution in [2.45, 2.75) is 38.8 Å². The van der Waals surface area contributed by atoms with Gasteiger partial charge in [0.1, 0.15) is 5.75 Å². The van der Waals surface area contributed by atoms with Gasteiger partial charge in [0, 0.05) is 5.56 Å². The summed E-state index contributed by atoms with van der Waals surface area (Å²) in [5.41, 5.74) is 1.07. The van der Waals surface area contributed by atoms with E-state index in [2.05, 4.69) is 0 Å². The zero-order valence-corrected chi connectivity index (χ0v) is 11.0. The number of methoxy groups -OCH3 is 1. The predicted molar refractivity (Wildman–Crippen MR) is 63.9 cm³/mol. The third kappa shape index (κ3) is 4.40. The van der Waals surface area contributed by atoms with Crippen molar-refractivity contribution in [2.24, 2.45) is 0 Å². The van der Waals surface area contributed by atoms with Gasteiger partial charge >= 0.3 is 6.18 Å². The Kier molecular flexibility index (Phi) is 5.20. The number of hydrogen-bond acceptors (Lipinski definition) is 3. The highest BCUT2D eigenvalue weighted by Gasteiger charge is 2.36. The zero-order valence-electron chi connectivity index (χ0n) is 11.0. The van der Waals surface area contributed by atoms with Gasteiger partial charge in [-0.2, -0.15) is 13.2 Å². The molecule has 6 heteroatoms. The maximum absolute atomic E-state index is 12.3. The number of ether oxygens (including phenoxy) is 2. The van der Waals surface area contributed by atoms with Crippen molar-refractivity contribution in [1.82, 2.24) is 0 Å². The van der Waals surface area contributed by atoms with Crippen LogP contribution in [0.3, 0.4) is 0 Å². The van der Waals surface area contributed by atoms with Gasteiger partial charge in [-0.15, -0.1) is 0 Å². The number of rotatable bonds is 5. The van der Waals surface area contributed by atoms with Gasteiger partial charge in [0.15, 0.2) is 6.10 Å². The van der Waals surface area contributed by atoms with Crippen molar-refractivity contribution in [3.8, 4) is 5.75 Å². The molecule has 0 aliphatic carbocycles. The summed E-state index contributed by atoms with van der Waals surface area (Å²) in [5.74, 6) is 0.429. The summed E-state index contributed by atoms with van der Waals surface area (Å²) in [6.45, 7) is 2.29. The van der Waals surface area contributed by atoms with Crippen LogP contribution in [0.2, 0.25) is 0 Å². The van der Waals surface area contributed by atoms with E-state index >= 15 is 0 Å². The molecule has 0 amide bonds. The minimum Gasteiger partial charge on any atom is -0.496 e. The zero-order chi connectivity index (χ0) is 14.6. The summed E-state index contributed by atoms with van der Waals surface area (Å²) >= 11 is 0. The summed E-state index contributed by atoms with van der Waals surface area (Å²) in [4.78, 5) is 0. The maximum Gasteiger partial charge on any atom is 0.414 e. The minimum absolute atomic E-state index is 0.232. The van der Waals surface area contributed by atoms with E-state index in [4.69, 9.17) is 9.47 Å². The van der Waals surface area contributed by atoms with Crippen LogP contribution in [0.5, 0.6) is 5.75 Å². The summed E-state index contributed by atoms with van der Waals surface area (Å²) < 4.78 is 46.9. The van der Waals surface area contributed by atoms with Gasteiger partial charge < -0.3 is 14.6 Å². The van der Waals surface area contributed by atoms with E-state index in [1.54, 1.807) is 25.1 Å². The lowest BCUT2D eigenvalue weighted by Gasteiger charge is -2.18. The number of hydrogen-bond donors (Lipinski definition) is 1. The fraction of sp³-hybridized carbons (Fsp3) is 0.538. The molecule has 1 rings (SSSR count). The van der Waals surface area contributed by atoms with Gasteiger partial charge in [0.25, 0.3) is 0 Å². The molecule has 1 aromatic rings. The SMILES string of the molecule is COc1ccc(C(C)O)cc1COC(C)C(F)(F)F. The lowest BCUT2D eigenvalue weighted by molar-refractivity contribution is -0.217. The molecule has 19 heavy (non-hydrogen) atoms. The number of aliphatic hydroxyl groups excluding tert-OH is 1. The molecular formula is C13H17F3O3. The first-order valence-electron chi connectivity index (χ1n) is 5.79. The average molecular weight is 278 g/mol. The summed E-state index contributed by atoms with van der Waals surface area (Å²) in [5, 5.41) is 9.46. The van der Waals surface area contributed by atoms with Crippen LogP contribution in [0, 0.1) is 0 Å². The number of alkyl halides is 3. The van der Waals surface area contributed by atoms with E-state index in [0.717, 1.165) is 6.92 Å². The number of benzene rings is 1. The lowest BCUT2D eigenvalue weighted by Crippen LogP contribution is -2.28. The fourth-order valence-electron chi connectivity index (χ4n) is 1.48. The number of aliphatic hydroxyl groups is 1. The molecule has 0 aromatic heterocycles. The summed E-state index contributed by atoms with van der Waals surface area (Å²) in [6.07, 6.45) is -6.95.